The minimum Gasteiger partial charge on any atom is -0.366 e. The van der Waals surface area contributed by atoms with Gasteiger partial charge in [0.2, 0.25) is 5.91 Å². The van der Waals surface area contributed by atoms with Gasteiger partial charge in [-0.3, -0.25) is 4.79 Å². The summed E-state index contributed by atoms with van der Waals surface area (Å²) >= 11 is 0. The Balaban J connectivity index is 1.91. The molecule has 0 bridgehead atoms. The number of carbonyl (C=O) groups is 1. The summed E-state index contributed by atoms with van der Waals surface area (Å²) in [5.41, 5.74) is 8.29. The molecule has 0 spiro atoms. The maximum absolute atomic E-state index is 11.2. The molecule has 0 aliphatic heterocycles. The Hall–Kier alpha value is -1.35. The van der Waals surface area contributed by atoms with Crippen LogP contribution in [-0.2, 0) is 6.54 Å². The molecule has 116 valence electrons. The predicted octanol–water partition coefficient (Wildman–Crippen LogP) is 3.54. The van der Waals surface area contributed by atoms with E-state index in [-0.39, 0.29) is 5.91 Å². The predicted molar refractivity (Wildman–Crippen MR) is 87.2 cm³/mol. The average Bonchev–Trinajstić information content (AvgIpc) is 2.74. The smallest absolute Gasteiger partial charge is 0.248 e. The van der Waals surface area contributed by atoms with E-state index in [2.05, 4.69) is 12.2 Å². The maximum Gasteiger partial charge on any atom is 0.248 e. The second kappa shape index (κ2) is 7.60. The molecule has 1 atom stereocenters. The molecule has 1 saturated carbocycles. The van der Waals surface area contributed by atoms with Gasteiger partial charge in [0.1, 0.15) is 0 Å². The lowest BCUT2D eigenvalue weighted by atomic mass is 9.92. The maximum atomic E-state index is 11.2. The molecule has 2 rings (SSSR count). The number of hydrogen-bond acceptors (Lipinski definition) is 2. The van der Waals surface area contributed by atoms with Crippen LogP contribution >= 0.6 is 0 Å². The summed E-state index contributed by atoms with van der Waals surface area (Å²) in [6.07, 6.45) is 8.27. The Kier molecular flexibility index (Phi) is 5.80. The first kappa shape index (κ1) is 16.0. The molecule has 21 heavy (non-hydrogen) atoms. The fourth-order valence-corrected chi connectivity index (χ4v) is 3.30. The third kappa shape index (κ3) is 4.57. The van der Waals surface area contributed by atoms with Crippen molar-refractivity contribution in [3.63, 3.8) is 0 Å². The number of amides is 1. The zero-order valence-corrected chi connectivity index (χ0v) is 13.3. The molecule has 0 aromatic heterocycles. The minimum absolute atomic E-state index is 0.357. The van der Waals surface area contributed by atoms with Crippen molar-refractivity contribution >= 4 is 5.91 Å². The summed E-state index contributed by atoms with van der Waals surface area (Å²) < 4.78 is 0. The van der Waals surface area contributed by atoms with Crippen molar-refractivity contribution < 1.29 is 4.79 Å². The molecule has 3 N–H and O–H groups in total. The van der Waals surface area contributed by atoms with E-state index in [0.29, 0.717) is 11.6 Å². The van der Waals surface area contributed by atoms with Crippen LogP contribution in [0.15, 0.2) is 18.2 Å². The van der Waals surface area contributed by atoms with Gasteiger partial charge in [-0.25, -0.2) is 0 Å². The Bertz CT molecular complexity index is 476. The molecule has 1 aromatic rings. The van der Waals surface area contributed by atoms with E-state index in [4.69, 9.17) is 5.73 Å². The number of aryl methyl sites for hydroxylation is 1. The molecule has 3 nitrogen and oxygen atoms in total. The molecule has 0 unspecified atom stereocenters. The normalized spacial score (nSPS) is 18.2. The monoisotopic (exact) mass is 288 g/mol. The molecule has 0 heterocycles. The number of rotatable bonds is 5. The molecule has 1 fully saturated rings. The summed E-state index contributed by atoms with van der Waals surface area (Å²) in [6.45, 7) is 5.21. The number of nitrogens with one attached hydrogen (secondary N) is 1. The number of primary amides is 1. The highest BCUT2D eigenvalue weighted by Crippen LogP contribution is 2.25. The standard InChI is InChI=1S/C18H28N2O/c1-13-11-16(18(19)21)9-10-17(13)12-20-14(2)15-7-5-3-4-6-8-15/h9-11,14-15,20H,3-8,12H2,1-2H3,(H2,19,21)/t14-/m0/s1. The van der Waals surface area contributed by atoms with Crippen molar-refractivity contribution in [2.24, 2.45) is 11.7 Å². The summed E-state index contributed by atoms with van der Waals surface area (Å²) in [5, 5.41) is 3.67. The van der Waals surface area contributed by atoms with Crippen LogP contribution in [0.3, 0.4) is 0 Å². The Labute approximate surface area is 128 Å². The largest absolute Gasteiger partial charge is 0.366 e. The van der Waals surface area contributed by atoms with Crippen LogP contribution in [0.1, 0.15) is 66.9 Å². The fourth-order valence-electron chi connectivity index (χ4n) is 3.30. The minimum atomic E-state index is -0.357. The van der Waals surface area contributed by atoms with E-state index < -0.39 is 0 Å². The Morgan fingerprint density at radius 1 is 1.29 bits per heavy atom. The van der Waals surface area contributed by atoms with E-state index >= 15 is 0 Å². The first-order valence-corrected chi connectivity index (χ1v) is 8.20. The van der Waals surface area contributed by atoms with Crippen molar-refractivity contribution in [1.82, 2.24) is 5.32 Å². The summed E-state index contributed by atoms with van der Waals surface area (Å²) in [6, 6.07) is 6.28. The van der Waals surface area contributed by atoms with Crippen molar-refractivity contribution in [3.8, 4) is 0 Å². The van der Waals surface area contributed by atoms with Gasteiger partial charge in [-0.1, -0.05) is 31.7 Å². The van der Waals surface area contributed by atoms with Gasteiger partial charge in [0, 0.05) is 18.2 Å². The van der Waals surface area contributed by atoms with Crippen LogP contribution < -0.4 is 11.1 Å². The van der Waals surface area contributed by atoms with Crippen LogP contribution in [0.2, 0.25) is 0 Å². The second-order valence-electron chi connectivity index (χ2n) is 6.43. The summed E-state index contributed by atoms with van der Waals surface area (Å²) in [4.78, 5) is 11.2. The van der Waals surface area contributed by atoms with Gasteiger partial charge >= 0.3 is 0 Å². The SMILES string of the molecule is Cc1cc(C(N)=O)ccc1CN[C@@H](C)C1CCCCCC1. The van der Waals surface area contributed by atoms with E-state index in [1.54, 1.807) is 0 Å². The van der Waals surface area contributed by atoms with E-state index in [1.807, 2.05) is 25.1 Å². The van der Waals surface area contributed by atoms with E-state index in [1.165, 1.54) is 44.1 Å². The van der Waals surface area contributed by atoms with Gasteiger partial charge in [-0.2, -0.15) is 0 Å². The number of hydrogen-bond donors (Lipinski definition) is 2. The van der Waals surface area contributed by atoms with Crippen LogP contribution in [0.4, 0.5) is 0 Å². The van der Waals surface area contributed by atoms with Gasteiger partial charge in [0.15, 0.2) is 0 Å². The van der Waals surface area contributed by atoms with Gasteiger partial charge in [0.25, 0.3) is 0 Å². The highest BCUT2D eigenvalue weighted by atomic mass is 16.1. The second-order valence-corrected chi connectivity index (χ2v) is 6.43. The van der Waals surface area contributed by atoms with Crippen LogP contribution in [0, 0.1) is 12.8 Å². The third-order valence-corrected chi connectivity index (χ3v) is 4.85. The molecular weight excluding hydrogens is 260 g/mol. The Morgan fingerprint density at radius 3 is 2.52 bits per heavy atom. The van der Waals surface area contributed by atoms with Crippen molar-refractivity contribution in [2.45, 2.75) is 65.0 Å². The van der Waals surface area contributed by atoms with Crippen molar-refractivity contribution in [3.05, 3.63) is 34.9 Å². The number of benzene rings is 1. The molecule has 0 saturated heterocycles. The van der Waals surface area contributed by atoms with Gasteiger partial charge in [-0.15, -0.1) is 0 Å². The quantitative estimate of drug-likeness (QED) is 0.814. The number of carbonyl (C=O) groups excluding carboxylic acids is 1. The highest BCUT2D eigenvalue weighted by molar-refractivity contribution is 5.93. The molecular formula is C18H28N2O. The zero-order chi connectivity index (χ0) is 15.2. The molecule has 0 radical (unpaired) electrons. The summed E-state index contributed by atoms with van der Waals surface area (Å²) in [7, 11) is 0. The molecule has 1 amide bonds. The van der Waals surface area contributed by atoms with Crippen LogP contribution in [-0.4, -0.2) is 11.9 Å². The van der Waals surface area contributed by atoms with Gasteiger partial charge in [-0.05, 0) is 55.9 Å². The van der Waals surface area contributed by atoms with Crippen LogP contribution in [0.25, 0.3) is 0 Å². The van der Waals surface area contributed by atoms with Crippen LogP contribution in [0.5, 0.6) is 0 Å². The lowest BCUT2D eigenvalue weighted by Crippen LogP contribution is -2.33. The molecule has 3 heteroatoms. The lowest BCUT2D eigenvalue weighted by molar-refractivity contribution is 0.1000. The first-order valence-electron chi connectivity index (χ1n) is 8.20. The highest BCUT2D eigenvalue weighted by Gasteiger charge is 2.18. The number of nitrogens with two attached hydrogens (primary N) is 1. The van der Waals surface area contributed by atoms with Crippen molar-refractivity contribution in [1.29, 1.82) is 0 Å². The third-order valence-electron chi connectivity index (χ3n) is 4.85. The van der Waals surface area contributed by atoms with Gasteiger partial charge < -0.3 is 11.1 Å². The molecule has 1 aliphatic carbocycles. The Morgan fingerprint density at radius 2 is 1.95 bits per heavy atom. The first-order chi connectivity index (χ1) is 10.1. The average molecular weight is 288 g/mol. The van der Waals surface area contributed by atoms with Crippen molar-refractivity contribution in [2.75, 3.05) is 0 Å². The fraction of sp³-hybridized carbons (Fsp3) is 0.611. The molecule has 1 aliphatic rings. The summed E-state index contributed by atoms with van der Waals surface area (Å²) in [5.74, 6) is 0.446. The topological polar surface area (TPSA) is 55.1 Å². The van der Waals surface area contributed by atoms with E-state index in [0.717, 1.165) is 18.0 Å². The zero-order valence-electron chi connectivity index (χ0n) is 13.3. The molecule has 1 aromatic carbocycles. The van der Waals surface area contributed by atoms with E-state index in [9.17, 15) is 4.79 Å². The lowest BCUT2D eigenvalue weighted by Gasteiger charge is -2.24. The van der Waals surface area contributed by atoms with Gasteiger partial charge in [0.05, 0.1) is 0 Å².